The number of para-hydroxylation sites is 1. The quantitative estimate of drug-likeness (QED) is 0.358. The molecule has 0 fully saturated rings. The van der Waals surface area contributed by atoms with Gasteiger partial charge in [-0.3, -0.25) is 4.79 Å². The Balaban J connectivity index is 1.88. The SMILES string of the molecule is C#CCn1cc(C=Nn2c(CC)nc3ccc(Br)cc3c2=O)c2ccccc21. The van der Waals surface area contributed by atoms with Crippen LogP contribution >= 0.6 is 15.9 Å². The summed E-state index contributed by atoms with van der Waals surface area (Å²) in [5, 5.41) is 6.04. The molecule has 5 nitrogen and oxygen atoms in total. The first-order valence-corrected chi connectivity index (χ1v) is 9.68. The van der Waals surface area contributed by atoms with Gasteiger partial charge >= 0.3 is 0 Å². The Labute approximate surface area is 170 Å². The molecule has 0 saturated carbocycles. The predicted octanol–water partition coefficient (Wildman–Crippen LogP) is 4.19. The molecule has 2 heterocycles. The summed E-state index contributed by atoms with van der Waals surface area (Å²) < 4.78 is 4.20. The molecule has 0 bridgehead atoms. The van der Waals surface area contributed by atoms with E-state index in [1.54, 1.807) is 12.3 Å². The van der Waals surface area contributed by atoms with E-state index in [1.807, 2.05) is 54.1 Å². The van der Waals surface area contributed by atoms with Crippen LogP contribution in [0.1, 0.15) is 18.3 Å². The Hall–Kier alpha value is -3.17. The number of terminal acetylenes is 1. The average molecular weight is 433 g/mol. The monoisotopic (exact) mass is 432 g/mol. The van der Waals surface area contributed by atoms with Gasteiger partial charge in [-0.2, -0.15) is 9.78 Å². The van der Waals surface area contributed by atoms with Crippen molar-refractivity contribution in [3.8, 4) is 12.3 Å². The summed E-state index contributed by atoms with van der Waals surface area (Å²) >= 11 is 3.41. The maximum atomic E-state index is 13.0. The zero-order valence-electron chi connectivity index (χ0n) is 15.3. The van der Waals surface area contributed by atoms with Gasteiger partial charge in [-0.15, -0.1) is 6.42 Å². The van der Waals surface area contributed by atoms with Gasteiger partial charge in [-0.25, -0.2) is 4.98 Å². The van der Waals surface area contributed by atoms with E-state index >= 15 is 0 Å². The minimum atomic E-state index is -0.188. The van der Waals surface area contributed by atoms with Gasteiger partial charge in [0.2, 0.25) is 0 Å². The zero-order chi connectivity index (χ0) is 19.7. The highest BCUT2D eigenvalue weighted by Gasteiger charge is 2.10. The van der Waals surface area contributed by atoms with Crippen LogP contribution in [0.5, 0.6) is 0 Å². The number of hydrogen-bond acceptors (Lipinski definition) is 3. The minimum Gasteiger partial charge on any atom is -0.335 e. The molecule has 0 N–H and O–H groups in total. The third kappa shape index (κ3) is 3.14. The largest absolute Gasteiger partial charge is 0.335 e. The second-order valence-corrected chi connectivity index (χ2v) is 7.25. The number of nitrogens with zero attached hydrogens (tertiary/aromatic N) is 4. The molecular weight excluding hydrogens is 416 g/mol. The Bertz CT molecular complexity index is 1320. The molecule has 0 atom stereocenters. The fraction of sp³-hybridized carbons (Fsp3) is 0.136. The molecule has 0 aliphatic heterocycles. The highest BCUT2D eigenvalue weighted by molar-refractivity contribution is 9.10. The predicted molar refractivity (Wildman–Crippen MR) is 117 cm³/mol. The van der Waals surface area contributed by atoms with Gasteiger partial charge in [-0.1, -0.05) is 47.0 Å². The lowest BCUT2D eigenvalue weighted by molar-refractivity contribution is 0.734. The van der Waals surface area contributed by atoms with Gasteiger partial charge in [0, 0.05) is 33.6 Å². The Morgan fingerprint density at radius 2 is 2.07 bits per heavy atom. The Morgan fingerprint density at radius 3 is 2.86 bits per heavy atom. The summed E-state index contributed by atoms with van der Waals surface area (Å²) in [5.41, 5.74) is 2.41. The number of aryl methyl sites for hydroxylation is 1. The van der Waals surface area contributed by atoms with Gasteiger partial charge in [0.1, 0.15) is 5.82 Å². The van der Waals surface area contributed by atoms with Gasteiger partial charge in [-0.05, 0) is 24.3 Å². The first-order chi connectivity index (χ1) is 13.6. The van der Waals surface area contributed by atoms with Crippen LogP contribution < -0.4 is 5.56 Å². The Kier molecular flexibility index (Phi) is 4.84. The Morgan fingerprint density at radius 1 is 1.25 bits per heavy atom. The lowest BCUT2D eigenvalue weighted by atomic mass is 10.2. The van der Waals surface area contributed by atoms with Crippen molar-refractivity contribution < 1.29 is 0 Å². The summed E-state index contributed by atoms with van der Waals surface area (Å²) in [6, 6.07) is 13.5. The van der Waals surface area contributed by atoms with E-state index in [2.05, 4.69) is 31.9 Å². The van der Waals surface area contributed by atoms with Gasteiger partial charge in [0.15, 0.2) is 0 Å². The molecule has 0 aliphatic carbocycles. The van der Waals surface area contributed by atoms with Gasteiger partial charge in [0.25, 0.3) is 5.56 Å². The van der Waals surface area contributed by atoms with Crippen LogP contribution in [0.4, 0.5) is 0 Å². The van der Waals surface area contributed by atoms with Crippen LogP contribution in [0.2, 0.25) is 0 Å². The fourth-order valence-corrected chi connectivity index (χ4v) is 3.63. The van der Waals surface area contributed by atoms with Crippen LogP contribution in [0.25, 0.3) is 21.8 Å². The minimum absolute atomic E-state index is 0.188. The van der Waals surface area contributed by atoms with Gasteiger partial charge in [0.05, 0.1) is 23.7 Å². The molecule has 138 valence electrons. The normalized spacial score (nSPS) is 11.5. The number of fused-ring (bicyclic) bond motifs is 2. The smallest absolute Gasteiger partial charge is 0.282 e. The van der Waals surface area contributed by atoms with Crippen molar-refractivity contribution in [2.24, 2.45) is 5.10 Å². The fourth-order valence-electron chi connectivity index (χ4n) is 3.27. The lowest BCUT2D eigenvalue weighted by Gasteiger charge is -2.07. The van der Waals surface area contributed by atoms with Crippen LogP contribution in [0.3, 0.4) is 0 Å². The van der Waals surface area contributed by atoms with Crippen molar-refractivity contribution in [3.63, 3.8) is 0 Å². The van der Waals surface area contributed by atoms with E-state index in [-0.39, 0.29) is 5.56 Å². The van der Waals surface area contributed by atoms with Crippen molar-refractivity contribution in [1.82, 2.24) is 14.2 Å². The summed E-state index contributed by atoms with van der Waals surface area (Å²) in [7, 11) is 0. The van der Waals surface area contributed by atoms with E-state index in [4.69, 9.17) is 6.42 Å². The van der Waals surface area contributed by atoms with E-state index in [0.29, 0.717) is 29.7 Å². The van der Waals surface area contributed by atoms with Crippen LogP contribution in [0.15, 0.2) is 63.0 Å². The molecule has 0 spiro atoms. The van der Waals surface area contributed by atoms with Crippen molar-refractivity contribution in [3.05, 3.63) is 74.9 Å². The highest BCUT2D eigenvalue weighted by atomic mass is 79.9. The van der Waals surface area contributed by atoms with E-state index in [0.717, 1.165) is 20.9 Å². The maximum absolute atomic E-state index is 13.0. The molecule has 2 aromatic heterocycles. The topological polar surface area (TPSA) is 52.2 Å². The molecular formula is C22H17BrN4O. The molecule has 0 radical (unpaired) electrons. The molecule has 0 aliphatic rings. The summed E-state index contributed by atoms with van der Waals surface area (Å²) in [6.07, 6.45) is 9.73. The lowest BCUT2D eigenvalue weighted by Crippen LogP contribution is -2.22. The molecule has 0 unspecified atom stereocenters. The third-order valence-electron chi connectivity index (χ3n) is 4.58. The molecule has 28 heavy (non-hydrogen) atoms. The number of benzene rings is 2. The maximum Gasteiger partial charge on any atom is 0.282 e. The van der Waals surface area contributed by atoms with Crippen LogP contribution in [-0.4, -0.2) is 20.4 Å². The summed E-state index contributed by atoms with van der Waals surface area (Å²) in [5.74, 6) is 3.28. The van der Waals surface area contributed by atoms with E-state index in [1.165, 1.54) is 4.68 Å². The standard InChI is InChI=1S/C22H17BrN4O/c1-3-11-26-14-15(17-7-5-6-8-20(17)26)13-24-27-21(4-2)25-19-10-9-16(23)12-18(19)22(27)28/h1,5-10,12-14H,4,11H2,2H3. The molecule has 0 amide bonds. The third-order valence-corrected chi connectivity index (χ3v) is 5.08. The van der Waals surface area contributed by atoms with Crippen LogP contribution in [0, 0.1) is 12.3 Å². The van der Waals surface area contributed by atoms with Crippen molar-refractivity contribution >= 4 is 44.0 Å². The highest BCUT2D eigenvalue weighted by Crippen LogP contribution is 2.20. The van der Waals surface area contributed by atoms with Crippen molar-refractivity contribution in [2.45, 2.75) is 19.9 Å². The van der Waals surface area contributed by atoms with Gasteiger partial charge < -0.3 is 4.57 Å². The van der Waals surface area contributed by atoms with E-state index in [9.17, 15) is 4.79 Å². The number of hydrogen-bond donors (Lipinski definition) is 0. The molecule has 4 rings (SSSR count). The number of aromatic nitrogens is 3. The summed E-state index contributed by atoms with van der Waals surface area (Å²) in [6.45, 7) is 2.43. The van der Waals surface area contributed by atoms with Crippen molar-refractivity contribution in [2.75, 3.05) is 0 Å². The molecule has 6 heteroatoms. The van der Waals surface area contributed by atoms with Crippen molar-refractivity contribution in [1.29, 1.82) is 0 Å². The second kappa shape index (κ2) is 7.45. The first kappa shape index (κ1) is 18.2. The van der Waals surface area contributed by atoms with E-state index < -0.39 is 0 Å². The molecule has 0 saturated heterocycles. The second-order valence-electron chi connectivity index (χ2n) is 6.34. The number of halogens is 1. The first-order valence-electron chi connectivity index (χ1n) is 8.89. The van der Waals surface area contributed by atoms with Crippen LogP contribution in [-0.2, 0) is 13.0 Å². The zero-order valence-corrected chi connectivity index (χ0v) is 16.8. The molecule has 4 aromatic rings. The number of rotatable bonds is 4. The summed E-state index contributed by atoms with van der Waals surface area (Å²) in [4.78, 5) is 17.6. The molecule has 2 aromatic carbocycles. The average Bonchev–Trinajstić information content (AvgIpc) is 3.06.